The topological polar surface area (TPSA) is 90.7 Å². The first-order valence-corrected chi connectivity index (χ1v) is 8.74. The van der Waals surface area contributed by atoms with E-state index in [-0.39, 0.29) is 5.91 Å². The normalized spacial score (nSPS) is 10.1. The number of carbonyl (C=O) groups excluding carboxylic acids is 2. The number of nitrogens with one attached hydrogen (secondary N) is 1. The molecule has 0 bridgehead atoms. The zero-order valence-corrected chi connectivity index (χ0v) is 15.1. The van der Waals surface area contributed by atoms with Crippen molar-refractivity contribution in [3.05, 3.63) is 90.0 Å². The van der Waals surface area contributed by atoms with E-state index in [2.05, 4.69) is 5.32 Å². The van der Waals surface area contributed by atoms with Crippen molar-refractivity contribution in [1.29, 1.82) is 0 Å². The van der Waals surface area contributed by atoms with Crippen LogP contribution in [0.1, 0.15) is 20.7 Å². The van der Waals surface area contributed by atoms with Crippen LogP contribution in [0.15, 0.2) is 78.9 Å². The molecule has 142 valence electrons. The van der Waals surface area contributed by atoms with Gasteiger partial charge in [0.05, 0.1) is 5.56 Å². The fourth-order valence-electron chi connectivity index (χ4n) is 2.52. The van der Waals surface area contributed by atoms with Gasteiger partial charge in [0.2, 0.25) is 5.91 Å². The summed E-state index contributed by atoms with van der Waals surface area (Å²) in [5, 5.41) is 2.78. The number of carbonyl (C=O) groups is 2. The number of benzene rings is 3. The van der Waals surface area contributed by atoms with E-state index in [1.54, 1.807) is 48.5 Å². The summed E-state index contributed by atoms with van der Waals surface area (Å²) in [6.07, 6.45) is 0. The molecule has 3 aromatic rings. The van der Waals surface area contributed by atoms with Gasteiger partial charge in [-0.2, -0.15) is 0 Å². The zero-order chi connectivity index (χ0) is 19.8. The van der Waals surface area contributed by atoms with E-state index in [0.717, 1.165) is 5.75 Å². The monoisotopic (exact) mass is 376 g/mol. The first-order valence-electron chi connectivity index (χ1n) is 8.74. The highest BCUT2D eigenvalue weighted by Gasteiger charge is 2.12. The summed E-state index contributed by atoms with van der Waals surface area (Å²) in [4.78, 5) is 23.7. The molecule has 0 atom stereocenters. The SMILES string of the molecule is NC(=O)c1ccc(NC(=O)c2ccccc2OCCOc2ccccc2)cc1. The molecule has 0 radical (unpaired) electrons. The number of anilines is 1. The Bertz CT molecular complexity index is 940. The lowest BCUT2D eigenvalue weighted by Crippen LogP contribution is -2.16. The third-order valence-electron chi connectivity index (χ3n) is 3.91. The predicted molar refractivity (Wildman–Crippen MR) is 107 cm³/mol. The number of nitrogens with two attached hydrogens (primary N) is 1. The van der Waals surface area contributed by atoms with Crippen molar-refractivity contribution in [2.45, 2.75) is 0 Å². The molecule has 2 amide bonds. The summed E-state index contributed by atoms with van der Waals surface area (Å²) >= 11 is 0. The van der Waals surface area contributed by atoms with Crippen LogP contribution in [0.5, 0.6) is 11.5 Å². The van der Waals surface area contributed by atoms with Crippen LogP contribution in [0, 0.1) is 0 Å². The molecule has 6 heteroatoms. The van der Waals surface area contributed by atoms with E-state index < -0.39 is 5.91 Å². The lowest BCUT2D eigenvalue weighted by atomic mass is 10.1. The van der Waals surface area contributed by atoms with Crippen molar-refractivity contribution in [2.75, 3.05) is 18.5 Å². The Morgan fingerprint density at radius 2 is 1.43 bits per heavy atom. The summed E-state index contributed by atoms with van der Waals surface area (Å²) in [6.45, 7) is 0.654. The van der Waals surface area contributed by atoms with Crippen molar-refractivity contribution in [3.63, 3.8) is 0 Å². The van der Waals surface area contributed by atoms with E-state index in [4.69, 9.17) is 15.2 Å². The van der Waals surface area contributed by atoms with Crippen LogP contribution in [-0.2, 0) is 0 Å². The standard InChI is InChI=1S/C22H20N2O4/c23-21(25)16-10-12-17(13-11-16)24-22(26)19-8-4-5-9-20(19)28-15-14-27-18-6-2-1-3-7-18/h1-13H,14-15H2,(H2,23,25)(H,24,26). The van der Waals surface area contributed by atoms with Crippen LogP contribution >= 0.6 is 0 Å². The molecule has 0 fully saturated rings. The quantitative estimate of drug-likeness (QED) is 0.589. The number of para-hydroxylation sites is 2. The fraction of sp³-hybridized carbons (Fsp3) is 0.0909. The molecule has 0 aliphatic carbocycles. The Morgan fingerprint density at radius 1 is 0.786 bits per heavy atom. The molecular formula is C22H20N2O4. The molecule has 6 nitrogen and oxygen atoms in total. The van der Waals surface area contributed by atoms with Crippen molar-refractivity contribution in [1.82, 2.24) is 0 Å². The van der Waals surface area contributed by atoms with Gasteiger partial charge >= 0.3 is 0 Å². The number of hydrogen-bond donors (Lipinski definition) is 2. The Balaban J connectivity index is 1.59. The molecule has 3 rings (SSSR count). The number of rotatable bonds is 8. The molecule has 0 saturated heterocycles. The van der Waals surface area contributed by atoms with Crippen LogP contribution < -0.4 is 20.5 Å². The fourth-order valence-corrected chi connectivity index (χ4v) is 2.52. The lowest BCUT2D eigenvalue weighted by molar-refractivity contribution is 0.0997. The second-order valence-electron chi connectivity index (χ2n) is 5.90. The number of hydrogen-bond acceptors (Lipinski definition) is 4. The maximum Gasteiger partial charge on any atom is 0.259 e. The van der Waals surface area contributed by atoms with E-state index in [1.165, 1.54) is 0 Å². The summed E-state index contributed by atoms with van der Waals surface area (Å²) < 4.78 is 11.3. The number of primary amides is 1. The van der Waals surface area contributed by atoms with Crippen LogP contribution in [0.25, 0.3) is 0 Å². The summed E-state index contributed by atoms with van der Waals surface area (Å²) in [7, 11) is 0. The van der Waals surface area contributed by atoms with Crippen molar-refractivity contribution in [2.24, 2.45) is 5.73 Å². The molecular weight excluding hydrogens is 356 g/mol. The van der Waals surface area contributed by atoms with Gasteiger partial charge in [-0.1, -0.05) is 30.3 Å². The van der Waals surface area contributed by atoms with Gasteiger partial charge in [-0.05, 0) is 48.5 Å². The first kappa shape index (κ1) is 19.0. The molecule has 3 N–H and O–H groups in total. The highest BCUT2D eigenvalue weighted by molar-refractivity contribution is 6.06. The molecule has 28 heavy (non-hydrogen) atoms. The first-order chi connectivity index (χ1) is 13.6. The average Bonchev–Trinajstić information content (AvgIpc) is 2.72. The Hall–Kier alpha value is -3.80. The van der Waals surface area contributed by atoms with Gasteiger partial charge in [0, 0.05) is 11.3 Å². The third-order valence-corrected chi connectivity index (χ3v) is 3.91. The smallest absolute Gasteiger partial charge is 0.259 e. The van der Waals surface area contributed by atoms with Gasteiger partial charge in [0.1, 0.15) is 24.7 Å². The molecule has 0 aliphatic heterocycles. The Labute approximate surface area is 162 Å². The largest absolute Gasteiger partial charge is 0.490 e. The van der Waals surface area contributed by atoms with Crippen molar-refractivity contribution >= 4 is 17.5 Å². The number of ether oxygens (including phenoxy) is 2. The maximum atomic E-state index is 12.6. The Kier molecular flexibility index (Phi) is 6.25. The molecule has 0 unspecified atom stereocenters. The molecule has 3 aromatic carbocycles. The van der Waals surface area contributed by atoms with E-state index in [9.17, 15) is 9.59 Å². The summed E-state index contributed by atoms with van der Waals surface area (Å²) in [5.41, 5.74) is 6.55. The van der Waals surface area contributed by atoms with E-state index in [1.807, 2.05) is 30.3 Å². The van der Waals surface area contributed by atoms with Gasteiger partial charge in [0.15, 0.2) is 0 Å². The second kappa shape index (κ2) is 9.23. The maximum absolute atomic E-state index is 12.6. The van der Waals surface area contributed by atoms with E-state index in [0.29, 0.717) is 35.8 Å². The van der Waals surface area contributed by atoms with Crippen molar-refractivity contribution in [3.8, 4) is 11.5 Å². The van der Waals surface area contributed by atoms with Crippen LogP contribution in [0.3, 0.4) is 0 Å². The second-order valence-corrected chi connectivity index (χ2v) is 5.90. The summed E-state index contributed by atoms with van der Waals surface area (Å²) in [5.74, 6) is 0.391. The molecule has 0 aliphatic rings. The highest BCUT2D eigenvalue weighted by atomic mass is 16.5. The number of amides is 2. The molecule has 0 saturated carbocycles. The van der Waals surface area contributed by atoms with Gasteiger partial charge in [0.25, 0.3) is 5.91 Å². The minimum atomic E-state index is -0.519. The lowest BCUT2D eigenvalue weighted by Gasteiger charge is -2.12. The predicted octanol–water partition coefficient (Wildman–Crippen LogP) is 3.50. The van der Waals surface area contributed by atoms with Crippen LogP contribution in [0.2, 0.25) is 0 Å². The summed E-state index contributed by atoms with van der Waals surface area (Å²) in [6, 6.07) is 22.8. The van der Waals surface area contributed by atoms with Crippen molar-refractivity contribution < 1.29 is 19.1 Å². The van der Waals surface area contributed by atoms with Gasteiger partial charge < -0.3 is 20.5 Å². The minimum absolute atomic E-state index is 0.298. The highest BCUT2D eigenvalue weighted by Crippen LogP contribution is 2.20. The van der Waals surface area contributed by atoms with Gasteiger partial charge in [-0.3, -0.25) is 9.59 Å². The zero-order valence-electron chi connectivity index (χ0n) is 15.1. The molecule has 0 spiro atoms. The van der Waals surface area contributed by atoms with Gasteiger partial charge in [-0.25, -0.2) is 0 Å². The third kappa shape index (κ3) is 5.11. The van der Waals surface area contributed by atoms with E-state index >= 15 is 0 Å². The average molecular weight is 376 g/mol. The van der Waals surface area contributed by atoms with Crippen LogP contribution in [0.4, 0.5) is 5.69 Å². The molecule has 0 heterocycles. The molecule has 0 aromatic heterocycles. The minimum Gasteiger partial charge on any atom is -0.490 e. The Morgan fingerprint density at radius 3 is 2.14 bits per heavy atom. The van der Waals surface area contributed by atoms with Crippen LogP contribution in [-0.4, -0.2) is 25.0 Å². The van der Waals surface area contributed by atoms with Gasteiger partial charge in [-0.15, -0.1) is 0 Å².